The van der Waals surface area contributed by atoms with Gasteiger partial charge in [-0.25, -0.2) is 9.97 Å². The Hall–Kier alpha value is -2.06. The van der Waals surface area contributed by atoms with E-state index in [9.17, 15) is 14.9 Å². The largest absolute Gasteiger partial charge is 0.351 e. The van der Waals surface area contributed by atoms with E-state index in [2.05, 4.69) is 15.3 Å². The molecule has 0 aliphatic carbocycles. The van der Waals surface area contributed by atoms with Crippen LogP contribution in [0.4, 0.5) is 5.69 Å². The molecule has 0 radical (unpaired) electrons. The van der Waals surface area contributed by atoms with E-state index in [0.29, 0.717) is 13.0 Å². The van der Waals surface area contributed by atoms with Crippen molar-refractivity contribution < 1.29 is 9.72 Å². The second-order valence-electron chi connectivity index (χ2n) is 3.69. The molecule has 0 atom stereocenters. The van der Waals surface area contributed by atoms with Gasteiger partial charge in [0.05, 0.1) is 9.93 Å². The first-order valence-electron chi connectivity index (χ1n) is 5.55. The number of nitrogens with zero attached hydrogens (tertiary/aromatic N) is 3. The second kappa shape index (κ2) is 6.40. The van der Waals surface area contributed by atoms with E-state index >= 15 is 0 Å². The van der Waals surface area contributed by atoms with Crippen molar-refractivity contribution >= 4 is 34.5 Å². The van der Waals surface area contributed by atoms with Crippen LogP contribution >= 0.6 is 22.9 Å². The highest BCUT2D eigenvalue weighted by molar-refractivity contribution is 7.09. The molecule has 104 valence electrons. The van der Waals surface area contributed by atoms with Crippen LogP contribution in [-0.2, 0) is 6.42 Å². The summed E-state index contributed by atoms with van der Waals surface area (Å²) in [6.45, 7) is 0.337. The van der Waals surface area contributed by atoms with Gasteiger partial charge >= 0.3 is 5.69 Å². The van der Waals surface area contributed by atoms with Gasteiger partial charge < -0.3 is 5.32 Å². The maximum atomic E-state index is 11.9. The van der Waals surface area contributed by atoms with E-state index in [1.165, 1.54) is 23.6 Å². The molecular weight excluding hydrogens is 304 g/mol. The Morgan fingerprint density at radius 2 is 2.25 bits per heavy atom. The van der Waals surface area contributed by atoms with E-state index in [4.69, 9.17) is 11.6 Å². The Balaban J connectivity index is 2.06. The molecule has 0 aromatic carbocycles. The summed E-state index contributed by atoms with van der Waals surface area (Å²) in [5.41, 5.74) is -0.588. The Labute approximate surface area is 122 Å². The van der Waals surface area contributed by atoms with Gasteiger partial charge in [0.15, 0.2) is 0 Å². The molecule has 0 unspecified atom stereocenters. The number of amides is 1. The lowest BCUT2D eigenvalue weighted by Gasteiger charge is -2.05. The lowest BCUT2D eigenvalue weighted by molar-refractivity contribution is -0.385. The predicted molar refractivity (Wildman–Crippen MR) is 74.1 cm³/mol. The number of nitrogens with one attached hydrogen (secondary N) is 1. The quantitative estimate of drug-likeness (QED) is 0.518. The summed E-state index contributed by atoms with van der Waals surface area (Å²) in [7, 11) is 0. The lowest BCUT2D eigenvalue weighted by Crippen LogP contribution is -2.26. The van der Waals surface area contributed by atoms with Crippen molar-refractivity contribution in [3.63, 3.8) is 0 Å². The van der Waals surface area contributed by atoms with Crippen molar-refractivity contribution in [3.8, 4) is 0 Å². The summed E-state index contributed by atoms with van der Waals surface area (Å²) >= 11 is 7.12. The van der Waals surface area contributed by atoms with Crippen molar-refractivity contribution in [2.24, 2.45) is 0 Å². The van der Waals surface area contributed by atoms with Crippen LogP contribution in [0.1, 0.15) is 15.4 Å². The molecule has 0 saturated heterocycles. The standard InChI is InChI=1S/C11H9ClN4O3S/c12-10-9(16(18)19)7(1-3-14-10)11(17)15-4-2-8-13-5-6-20-8/h1,3,5-6H,2,4H2,(H,15,17). The molecular formula is C11H9ClN4O3S. The Morgan fingerprint density at radius 1 is 1.45 bits per heavy atom. The van der Waals surface area contributed by atoms with Crippen LogP contribution in [0, 0.1) is 10.1 Å². The molecule has 20 heavy (non-hydrogen) atoms. The second-order valence-corrected chi connectivity index (χ2v) is 5.02. The molecule has 2 aromatic heterocycles. The SMILES string of the molecule is O=C(NCCc1nccs1)c1ccnc(Cl)c1[N+](=O)[O-]. The van der Waals surface area contributed by atoms with Gasteiger partial charge in [-0.2, -0.15) is 0 Å². The fraction of sp³-hybridized carbons (Fsp3) is 0.182. The molecule has 2 rings (SSSR count). The number of aromatic nitrogens is 2. The molecule has 1 N–H and O–H groups in total. The van der Waals surface area contributed by atoms with Gasteiger partial charge in [0.2, 0.25) is 5.15 Å². The van der Waals surface area contributed by atoms with Crippen LogP contribution in [0.25, 0.3) is 0 Å². The highest BCUT2D eigenvalue weighted by Gasteiger charge is 2.24. The Kier molecular flexibility index (Phi) is 4.59. The maximum absolute atomic E-state index is 11.9. The molecule has 0 spiro atoms. The van der Waals surface area contributed by atoms with Crippen molar-refractivity contribution in [1.82, 2.24) is 15.3 Å². The average Bonchev–Trinajstić information content (AvgIpc) is 2.91. The van der Waals surface area contributed by atoms with Crippen LogP contribution in [-0.4, -0.2) is 27.3 Å². The molecule has 2 heterocycles. The van der Waals surface area contributed by atoms with Gasteiger partial charge in [-0.3, -0.25) is 14.9 Å². The van der Waals surface area contributed by atoms with Crippen LogP contribution in [0.2, 0.25) is 5.15 Å². The number of thiazole rings is 1. The van der Waals surface area contributed by atoms with Crippen LogP contribution < -0.4 is 5.32 Å². The first-order valence-corrected chi connectivity index (χ1v) is 6.81. The van der Waals surface area contributed by atoms with Gasteiger partial charge in [-0.1, -0.05) is 11.6 Å². The van der Waals surface area contributed by atoms with E-state index in [1.54, 1.807) is 6.20 Å². The third-order valence-electron chi connectivity index (χ3n) is 2.41. The number of hydrogen-bond donors (Lipinski definition) is 1. The van der Waals surface area contributed by atoms with Crippen LogP contribution in [0.15, 0.2) is 23.8 Å². The molecule has 2 aromatic rings. The van der Waals surface area contributed by atoms with E-state index in [-0.39, 0.29) is 10.7 Å². The van der Waals surface area contributed by atoms with Gasteiger partial charge in [-0.05, 0) is 6.07 Å². The maximum Gasteiger partial charge on any atom is 0.319 e. The normalized spacial score (nSPS) is 10.2. The summed E-state index contributed by atoms with van der Waals surface area (Å²) in [5, 5.41) is 15.9. The zero-order valence-electron chi connectivity index (χ0n) is 10.1. The van der Waals surface area contributed by atoms with Gasteiger partial charge in [0.1, 0.15) is 5.56 Å². The number of nitro groups is 1. The smallest absolute Gasteiger partial charge is 0.319 e. The number of hydrogen-bond acceptors (Lipinski definition) is 6. The summed E-state index contributed by atoms with van der Waals surface area (Å²) in [6, 6.07) is 1.27. The Bertz CT molecular complexity index is 633. The molecule has 0 bridgehead atoms. The summed E-state index contributed by atoms with van der Waals surface area (Å²) < 4.78 is 0. The van der Waals surface area contributed by atoms with Gasteiger partial charge in [0.25, 0.3) is 5.91 Å². The molecule has 0 aliphatic rings. The van der Waals surface area contributed by atoms with Crippen molar-refractivity contribution in [1.29, 1.82) is 0 Å². The number of pyridine rings is 1. The third kappa shape index (κ3) is 3.28. The zero-order chi connectivity index (χ0) is 14.5. The van der Waals surface area contributed by atoms with Gasteiger partial charge in [0, 0.05) is 30.7 Å². The van der Waals surface area contributed by atoms with E-state index < -0.39 is 16.5 Å². The third-order valence-corrected chi connectivity index (χ3v) is 3.53. The fourth-order valence-corrected chi connectivity index (χ4v) is 2.39. The predicted octanol–water partition coefficient (Wildman–Crippen LogP) is 2.07. The van der Waals surface area contributed by atoms with Crippen molar-refractivity contribution in [2.45, 2.75) is 6.42 Å². The minimum atomic E-state index is -0.717. The van der Waals surface area contributed by atoms with E-state index in [1.807, 2.05) is 5.38 Å². The minimum absolute atomic E-state index is 0.103. The number of carbonyl (C=O) groups is 1. The summed E-state index contributed by atoms with van der Waals surface area (Å²) in [4.78, 5) is 29.8. The first kappa shape index (κ1) is 14.4. The topological polar surface area (TPSA) is 98.0 Å². The molecule has 7 nitrogen and oxygen atoms in total. The highest BCUT2D eigenvalue weighted by Crippen LogP contribution is 2.25. The molecule has 1 amide bonds. The zero-order valence-corrected chi connectivity index (χ0v) is 11.6. The number of rotatable bonds is 5. The van der Waals surface area contributed by atoms with Crippen molar-refractivity contribution in [3.05, 3.63) is 49.7 Å². The van der Waals surface area contributed by atoms with Crippen LogP contribution in [0.5, 0.6) is 0 Å². The number of carbonyl (C=O) groups excluding carboxylic acids is 1. The van der Waals surface area contributed by atoms with Crippen molar-refractivity contribution in [2.75, 3.05) is 6.54 Å². The minimum Gasteiger partial charge on any atom is -0.351 e. The van der Waals surface area contributed by atoms with E-state index in [0.717, 1.165) is 5.01 Å². The molecule has 0 aliphatic heterocycles. The average molecular weight is 313 g/mol. The fourth-order valence-electron chi connectivity index (χ4n) is 1.54. The highest BCUT2D eigenvalue weighted by atomic mass is 35.5. The Morgan fingerprint density at radius 3 is 2.90 bits per heavy atom. The molecule has 0 fully saturated rings. The first-order chi connectivity index (χ1) is 9.59. The summed E-state index contributed by atoms with van der Waals surface area (Å²) in [6.07, 6.45) is 3.50. The van der Waals surface area contributed by atoms with Gasteiger partial charge in [-0.15, -0.1) is 11.3 Å². The van der Waals surface area contributed by atoms with Crippen LogP contribution in [0.3, 0.4) is 0 Å². The number of halogens is 1. The molecule has 9 heteroatoms. The monoisotopic (exact) mass is 312 g/mol. The molecule has 0 saturated carbocycles. The lowest BCUT2D eigenvalue weighted by atomic mass is 10.2. The summed E-state index contributed by atoms with van der Waals surface area (Å²) in [5.74, 6) is -0.558.